The minimum absolute atomic E-state index is 0.00536. The molecule has 0 aromatic heterocycles. The van der Waals surface area contributed by atoms with Gasteiger partial charge in [0, 0.05) is 8.80 Å². The molecule has 0 spiro atoms. The first-order chi connectivity index (χ1) is 13.0. The Morgan fingerprint density at radius 1 is 0.567 bits per heavy atom. The van der Waals surface area contributed by atoms with E-state index in [1.54, 1.807) is 0 Å². The molecule has 11 heteroatoms. The Balaban J connectivity index is 5.16. The number of hydrogen-bond acceptors (Lipinski definition) is 1. The predicted molar refractivity (Wildman–Crippen MR) is 101 cm³/mol. The third-order valence-corrected chi connectivity index (χ3v) is 9.28. The van der Waals surface area contributed by atoms with Gasteiger partial charge < -0.3 is 5.11 Å². The summed E-state index contributed by atoms with van der Waals surface area (Å²) in [6, 6.07) is 0.588. The molecule has 0 aromatic carbocycles. The van der Waals surface area contributed by atoms with Crippen molar-refractivity contribution in [1.29, 1.82) is 0 Å². The maximum atomic E-state index is 13.0. The van der Waals surface area contributed by atoms with Crippen LogP contribution in [0.25, 0.3) is 0 Å². The van der Waals surface area contributed by atoms with Crippen molar-refractivity contribution in [1.82, 2.24) is 0 Å². The van der Waals surface area contributed by atoms with Crippen molar-refractivity contribution in [2.75, 3.05) is 0 Å². The molecule has 0 aliphatic heterocycles. The smallest absolute Gasteiger partial charge is 0.381 e. The van der Waals surface area contributed by atoms with E-state index in [9.17, 15) is 44.6 Å². The van der Waals surface area contributed by atoms with Gasteiger partial charge in [0.05, 0.1) is 0 Å². The van der Waals surface area contributed by atoms with E-state index in [0.717, 1.165) is 6.42 Å². The highest BCUT2D eigenvalue weighted by Crippen LogP contribution is 2.53. The highest BCUT2D eigenvalue weighted by atomic mass is 28.3. The molecule has 1 N–H and O–H groups in total. The van der Waals surface area contributed by atoms with E-state index in [1.165, 1.54) is 0 Å². The van der Waals surface area contributed by atoms with Crippen LogP contribution in [0.3, 0.4) is 0 Å². The molecule has 2 atom stereocenters. The van der Waals surface area contributed by atoms with Crippen LogP contribution in [-0.2, 0) is 0 Å². The lowest BCUT2D eigenvalue weighted by molar-refractivity contribution is -0.336. The number of rotatable bonds is 10. The molecule has 0 radical (unpaired) electrons. The van der Waals surface area contributed by atoms with Crippen molar-refractivity contribution in [3.8, 4) is 0 Å². The Hall–Kier alpha value is -0.453. The van der Waals surface area contributed by atoms with E-state index >= 15 is 0 Å². The van der Waals surface area contributed by atoms with E-state index in [-0.39, 0.29) is 30.8 Å². The Kier molecular flexibility index (Phi) is 9.85. The van der Waals surface area contributed by atoms with Gasteiger partial charge in [-0.3, -0.25) is 0 Å². The van der Waals surface area contributed by atoms with E-state index < -0.39 is 51.2 Å². The SMILES string of the molecule is CC(C)(C)CCC[SiH](CCCC(C)(C(F)(F)F)C(F)(F)F)CCC(C)(O)C(F)(F)F. The summed E-state index contributed by atoms with van der Waals surface area (Å²) in [5, 5.41) is 9.62. The molecule has 0 fully saturated rings. The number of hydrogen-bond donors (Lipinski definition) is 1. The van der Waals surface area contributed by atoms with Gasteiger partial charge >= 0.3 is 18.5 Å². The molecule has 182 valence electrons. The number of alkyl halides is 9. The molecule has 0 saturated heterocycles. The first kappa shape index (κ1) is 29.5. The molecule has 0 bridgehead atoms. The minimum Gasteiger partial charge on any atom is -0.381 e. The predicted octanol–water partition coefficient (Wildman–Crippen LogP) is 7.65. The molecular weight excluding hydrogens is 443 g/mol. The summed E-state index contributed by atoms with van der Waals surface area (Å²) in [5.74, 6) is 0. The molecule has 0 heterocycles. The molecule has 0 rings (SSSR count). The van der Waals surface area contributed by atoms with Crippen LogP contribution in [-0.4, -0.2) is 38.0 Å². The summed E-state index contributed by atoms with van der Waals surface area (Å²) in [6.07, 6.45) is -16.5. The lowest BCUT2D eigenvalue weighted by atomic mass is 9.84. The summed E-state index contributed by atoms with van der Waals surface area (Å²) in [7, 11) is -2.09. The fourth-order valence-electron chi connectivity index (χ4n) is 3.17. The van der Waals surface area contributed by atoms with Crippen LogP contribution in [0.1, 0.15) is 66.7 Å². The lowest BCUT2D eigenvalue weighted by Gasteiger charge is -2.34. The third-order valence-electron chi connectivity index (χ3n) is 5.73. The van der Waals surface area contributed by atoms with Crippen molar-refractivity contribution < 1.29 is 44.6 Å². The van der Waals surface area contributed by atoms with Crippen LogP contribution in [0.15, 0.2) is 0 Å². The standard InChI is InChI=1S/C19H33F9OSi/c1-14(2,3)8-6-11-30(13-10-16(5,29)19(26,27)28)12-7-9-15(4,17(20,21)22)18(23,24)25/h29-30H,6-13H2,1-5H3. The zero-order valence-electron chi connectivity index (χ0n) is 18.1. The highest BCUT2D eigenvalue weighted by molar-refractivity contribution is 6.58. The topological polar surface area (TPSA) is 20.2 Å². The minimum atomic E-state index is -5.46. The van der Waals surface area contributed by atoms with Gasteiger partial charge in [0.2, 0.25) is 0 Å². The lowest BCUT2D eigenvalue weighted by Crippen LogP contribution is -2.47. The second-order valence-electron chi connectivity index (χ2n) is 9.85. The Morgan fingerprint density at radius 3 is 1.30 bits per heavy atom. The normalized spacial score (nSPS) is 17.7. The first-order valence-electron chi connectivity index (χ1n) is 9.96. The summed E-state index contributed by atoms with van der Waals surface area (Å²) in [6.45, 7) is 6.66. The highest BCUT2D eigenvalue weighted by Gasteiger charge is 2.66. The molecule has 2 unspecified atom stereocenters. The average molecular weight is 477 g/mol. The maximum absolute atomic E-state index is 13.0. The monoisotopic (exact) mass is 476 g/mol. The second kappa shape index (κ2) is 10.00. The van der Waals surface area contributed by atoms with Crippen LogP contribution >= 0.6 is 0 Å². The molecule has 0 aliphatic carbocycles. The summed E-state index contributed by atoms with van der Waals surface area (Å²) < 4.78 is 117. The van der Waals surface area contributed by atoms with Crippen LogP contribution in [0, 0.1) is 10.8 Å². The first-order valence-corrected chi connectivity index (χ1v) is 12.4. The van der Waals surface area contributed by atoms with E-state index in [0.29, 0.717) is 19.4 Å². The summed E-state index contributed by atoms with van der Waals surface area (Å²) >= 11 is 0. The van der Waals surface area contributed by atoms with E-state index in [2.05, 4.69) is 0 Å². The molecule has 0 saturated carbocycles. The fourth-order valence-corrected chi connectivity index (χ4v) is 6.57. The average Bonchev–Trinajstić information content (AvgIpc) is 2.47. The molecular formula is C19H33F9OSi. The number of aliphatic hydroxyl groups is 1. The Morgan fingerprint density at radius 2 is 0.967 bits per heavy atom. The maximum Gasteiger partial charge on any atom is 0.416 e. The summed E-state index contributed by atoms with van der Waals surface area (Å²) in [5.41, 5.74) is -6.81. The zero-order valence-corrected chi connectivity index (χ0v) is 19.2. The zero-order chi connectivity index (χ0) is 24.2. The Bertz CT molecular complexity index is 502. The molecule has 0 aromatic rings. The summed E-state index contributed by atoms with van der Waals surface area (Å²) in [4.78, 5) is 0. The van der Waals surface area contributed by atoms with Crippen LogP contribution in [0.2, 0.25) is 18.1 Å². The number of halogens is 9. The van der Waals surface area contributed by atoms with Crippen molar-refractivity contribution in [2.45, 2.75) is 109 Å². The van der Waals surface area contributed by atoms with Gasteiger partial charge in [0.15, 0.2) is 11.0 Å². The fraction of sp³-hybridized carbons (Fsp3) is 1.00. The Labute approximate surface area is 174 Å². The van der Waals surface area contributed by atoms with Gasteiger partial charge in [0.1, 0.15) is 0 Å². The third kappa shape index (κ3) is 8.96. The van der Waals surface area contributed by atoms with Crippen molar-refractivity contribution in [3.05, 3.63) is 0 Å². The van der Waals surface area contributed by atoms with Crippen molar-refractivity contribution >= 4 is 8.80 Å². The largest absolute Gasteiger partial charge is 0.416 e. The van der Waals surface area contributed by atoms with Crippen LogP contribution in [0.5, 0.6) is 0 Å². The van der Waals surface area contributed by atoms with Gasteiger partial charge in [-0.25, -0.2) is 0 Å². The van der Waals surface area contributed by atoms with Gasteiger partial charge in [0.25, 0.3) is 0 Å². The molecule has 0 amide bonds. The van der Waals surface area contributed by atoms with Crippen LogP contribution in [0.4, 0.5) is 39.5 Å². The van der Waals surface area contributed by atoms with Gasteiger partial charge in [-0.2, -0.15) is 39.5 Å². The van der Waals surface area contributed by atoms with Gasteiger partial charge in [-0.05, 0) is 38.5 Å². The van der Waals surface area contributed by atoms with Gasteiger partial charge in [-0.15, -0.1) is 0 Å². The van der Waals surface area contributed by atoms with Gasteiger partial charge in [-0.1, -0.05) is 51.7 Å². The second-order valence-corrected chi connectivity index (χ2v) is 13.3. The quantitative estimate of drug-likeness (QED) is 0.254. The van der Waals surface area contributed by atoms with Crippen molar-refractivity contribution in [2.24, 2.45) is 10.8 Å². The van der Waals surface area contributed by atoms with E-state index in [4.69, 9.17) is 0 Å². The molecule has 1 nitrogen and oxygen atoms in total. The van der Waals surface area contributed by atoms with Crippen LogP contribution < -0.4 is 0 Å². The van der Waals surface area contributed by atoms with E-state index in [1.807, 2.05) is 20.8 Å². The molecule has 30 heavy (non-hydrogen) atoms. The molecule has 0 aliphatic rings. The van der Waals surface area contributed by atoms with Crippen molar-refractivity contribution in [3.63, 3.8) is 0 Å².